The second kappa shape index (κ2) is 8.61. The van der Waals surface area contributed by atoms with Gasteiger partial charge in [0.2, 0.25) is 11.8 Å². The van der Waals surface area contributed by atoms with Crippen LogP contribution in [-0.4, -0.2) is 47.5 Å². The quantitative estimate of drug-likeness (QED) is 0.657. The van der Waals surface area contributed by atoms with Gasteiger partial charge in [0.15, 0.2) is 0 Å². The van der Waals surface area contributed by atoms with E-state index in [1.807, 2.05) is 6.07 Å². The number of fused-ring (bicyclic) bond motifs is 1. The predicted octanol–water partition coefficient (Wildman–Crippen LogP) is 2.58. The average molecular weight is 399 g/mol. The Morgan fingerprint density at radius 1 is 1.42 bits per heavy atom. The minimum atomic E-state index is -0.471. The van der Waals surface area contributed by atoms with Gasteiger partial charge in [0, 0.05) is 22.9 Å². The lowest BCUT2D eigenvalue weighted by atomic mass is 10.0. The van der Waals surface area contributed by atoms with Gasteiger partial charge in [-0.15, -0.1) is 11.8 Å². The summed E-state index contributed by atoms with van der Waals surface area (Å²) in [6.07, 6.45) is 3.97. The largest absolute Gasteiger partial charge is 0.394 e. The minimum Gasteiger partial charge on any atom is -0.394 e. The van der Waals surface area contributed by atoms with Crippen LogP contribution in [-0.2, 0) is 14.3 Å². The van der Waals surface area contributed by atoms with Gasteiger partial charge in [-0.05, 0) is 31.0 Å². The van der Waals surface area contributed by atoms with Crippen molar-refractivity contribution in [2.24, 2.45) is 0 Å². The monoisotopic (exact) mass is 398 g/mol. The van der Waals surface area contributed by atoms with Gasteiger partial charge < -0.3 is 20.5 Å². The molecular formula is C18H23ClN2O4S. The van der Waals surface area contributed by atoms with Crippen molar-refractivity contribution >= 4 is 40.9 Å². The van der Waals surface area contributed by atoms with Crippen molar-refractivity contribution in [1.29, 1.82) is 0 Å². The van der Waals surface area contributed by atoms with Gasteiger partial charge in [-0.1, -0.05) is 24.4 Å². The van der Waals surface area contributed by atoms with Crippen molar-refractivity contribution in [2.45, 2.75) is 47.9 Å². The first-order chi connectivity index (χ1) is 12.5. The summed E-state index contributed by atoms with van der Waals surface area (Å²) in [6, 6.07) is 5.33. The highest BCUT2D eigenvalue weighted by atomic mass is 35.5. The fourth-order valence-corrected chi connectivity index (χ4v) is 4.67. The summed E-state index contributed by atoms with van der Waals surface area (Å²) in [7, 11) is 0. The van der Waals surface area contributed by atoms with Crippen LogP contribution in [0.15, 0.2) is 23.1 Å². The van der Waals surface area contributed by atoms with Gasteiger partial charge in [-0.2, -0.15) is 0 Å². The smallest absolute Gasteiger partial charge is 0.238 e. The number of nitrogens with one attached hydrogen (secondary N) is 2. The molecule has 0 aromatic heterocycles. The number of thioether (sulfide) groups is 1. The molecule has 1 aromatic rings. The van der Waals surface area contributed by atoms with Gasteiger partial charge in [0.1, 0.15) is 0 Å². The molecule has 3 N–H and O–H groups in total. The Morgan fingerprint density at radius 3 is 2.92 bits per heavy atom. The Labute approximate surface area is 162 Å². The molecule has 1 aromatic carbocycles. The molecule has 1 aliphatic heterocycles. The molecule has 0 radical (unpaired) electrons. The SMILES string of the molecule is O=C(CC1Sc2ccc(Cl)cc2NC1=O)NCC1(OCCO)CCCC1. The number of benzene rings is 1. The third-order valence-corrected chi connectivity index (χ3v) is 6.26. The van der Waals surface area contributed by atoms with Crippen molar-refractivity contribution in [1.82, 2.24) is 5.32 Å². The van der Waals surface area contributed by atoms with Crippen LogP contribution in [0.25, 0.3) is 0 Å². The number of anilines is 1. The molecule has 3 rings (SSSR count). The van der Waals surface area contributed by atoms with E-state index in [-0.39, 0.29) is 37.0 Å². The highest BCUT2D eigenvalue weighted by Crippen LogP contribution is 2.38. The van der Waals surface area contributed by atoms with Gasteiger partial charge in [-0.25, -0.2) is 0 Å². The first-order valence-corrected chi connectivity index (χ1v) is 10.1. The number of rotatable bonds is 7. The van der Waals surface area contributed by atoms with Crippen LogP contribution in [0.5, 0.6) is 0 Å². The van der Waals surface area contributed by atoms with E-state index in [9.17, 15) is 9.59 Å². The summed E-state index contributed by atoms with van der Waals surface area (Å²) in [5.74, 6) is -0.360. The van der Waals surface area contributed by atoms with E-state index in [0.717, 1.165) is 30.6 Å². The molecule has 6 nitrogen and oxygen atoms in total. The van der Waals surface area contributed by atoms with Crippen molar-refractivity contribution in [2.75, 3.05) is 25.1 Å². The summed E-state index contributed by atoms with van der Waals surface area (Å²) >= 11 is 7.32. The summed E-state index contributed by atoms with van der Waals surface area (Å²) in [6.45, 7) is 0.658. The highest BCUT2D eigenvalue weighted by molar-refractivity contribution is 8.01. The molecule has 2 aliphatic rings. The van der Waals surface area contributed by atoms with Crippen LogP contribution in [0.1, 0.15) is 32.1 Å². The summed E-state index contributed by atoms with van der Waals surface area (Å²) in [5.41, 5.74) is 0.301. The van der Waals surface area contributed by atoms with Crippen LogP contribution in [0.4, 0.5) is 5.69 Å². The summed E-state index contributed by atoms with van der Waals surface area (Å²) < 4.78 is 5.80. The van der Waals surface area contributed by atoms with Crippen molar-refractivity contribution in [3.8, 4) is 0 Å². The molecule has 0 bridgehead atoms. The third kappa shape index (κ3) is 4.71. The molecule has 1 heterocycles. The number of hydrogen-bond donors (Lipinski definition) is 3. The standard InChI is InChI=1S/C18H23ClN2O4S/c19-12-3-4-14-13(9-12)21-17(24)15(26-14)10-16(23)20-11-18(25-8-7-22)5-1-2-6-18/h3-4,9,15,22H,1-2,5-8,10-11H2,(H,20,23)(H,21,24). The summed E-state index contributed by atoms with van der Waals surface area (Å²) in [4.78, 5) is 25.5. The molecule has 142 valence electrons. The molecule has 2 amide bonds. The zero-order valence-electron chi connectivity index (χ0n) is 14.4. The Balaban J connectivity index is 1.54. The molecule has 0 spiro atoms. The van der Waals surface area contributed by atoms with Crippen LogP contribution in [0.3, 0.4) is 0 Å². The molecule has 8 heteroatoms. The molecule has 26 heavy (non-hydrogen) atoms. The first kappa shape index (κ1) is 19.5. The molecule has 1 fully saturated rings. The van der Waals surface area contributed by atoms with E-state index < -0.39 is 5.25 Å². The minimum absolute atomic E-state index is 0.0298. The van der Waals surface area contributed by atoms with E-state index >= 15 is 0 Å². The summed E-state index contributed by atoms with van der Waals surface area (Å²) in [5, 5.41) is 14.8. The molecule has 0 saturated heterocycles. The van der Waals surface area contributed by atoms with E-state index in [1.165, 1.54) is 11.8 Å². The van der Waals surface area contributed by atoms with Gasteiger partial charge in [-0.3, -0.25) is 9.59 Å². The maximum Gasteiger partial charge on any atom is 0.238 e. The predicted molar refractivity (Wildman–Crippen MR) is 102 cm³/mol. The van der Waals surface area contributed by atoms with E-state index in [4.69, 9.17) is 21.4 Å². The van der Waals surface area contributed by atoms with Gasteiger partial charge in [0.05, 0.1) is 29.8 Å². The molecular weight excluding hydrogens is 376 g/mol. The zero-order valence-corrected chi connectivity index (χ0v) is 16.0. The lowest BCUT2D eigenvalue weighted by Crippen LogP contribution is -2.45. The zero-order chi connectivity index (χ0) is 18.6. The van der Waals surface area contributed by atoms with Gasteiger partial charge in [0.25, 0.3) is 0 Å². The number of hydrogen-bond acceptors (Lipinski definition) is 5. The number of halogens is 1. The molecule has 1 atom stereocenters. The van der Waals surface area contributed by atoms with Crippen molar-refractivity contribution in [3.05, 3.63) is 23.2 Å². The van der Waals surface area contributed by atoms with Gasteiger partial charge >= 0.3 is 0 Å². The number of amides is 2. The number of carbonyl (C=O) groups is 2. The normalized spacial score (nSPS) is 21.2. The van der Waals surface area contributed by atoms with Crippen LogP contribution < -0.4 is 10.6 Å². The van der Waals surface area contributed by atoms with Crippen molar-refractivity contribution in [3.63, 3.8) is 0 Å². The van der Waals surface area contributed by atoms with Crippen LogP contribution in [0, 0.1) is 0 Å². The van der Waals surface area contributed by atoms with E-state index in [0.29, 0.717) is 17.3 Å². The Morgan fingerprint density at radius 2 is 2.19 bits per heavy atom. The Bertz CT molecular complexity index is 679. The van der Waals surface area contributed by atoms with Crippen molar-refractivity contribution < 1.29 is 19.4 Å². The highest BCUT2D eigenvalue weighted by Gasteiger charge is 2.36. The molecule has 1 unspecified atom stereocenters. The van der Waals surface area contributed by atoms with Crippen LogP contribution in [0.2, 0.25) is 5.02 Å². The van der Waals surface area contributed by atoms with E-state index in [2.05, 4.69) is 10.6 Å². The topological polar surface area (TPSA) is 87.7 Å². The number of aliphatic hydroxyl groups excluding tert-OH is 1. The lowest BCUT2D eigenvalue weighted by Gasteiger charge is -2.30. The Hall–Kier alpha value is -1.28. The molecule has 1 saturated carbocycles. The maximum atomic E-state index is 12.4. The number of carbonyl (C=O) groups excluding carboxylic acids is 2. The second-order valence-corrected chi connectivity index (χ2v) is 8.36. The second-order valence-electron chi connectivity index (χ2n) is 6.68. The lowest BCUT2D eigenvalue weighted by molar-refractivity contribution is -0.125. The van der Waals surface area contributed by atoms with Crippen LogP contribution >= 0.6 is 23.4 Å². The third-order valence-electron chi connectivity index (χ3n) is 4.75. The fraction of sp³-hybridized carbons (Fsp3) is 0.556. The Kier molecular flexibility index (Phi) is 6.45. The fourth-order valence-electron chi connectivity index (χ4n) is 3.41. The molecule has 1 aliphatic carbocycles. The number of ether oxygens (including phenoxy) is 1. The number of aliphatic hydroxyl groups is 1. The first-order valence-electron chi connectivity index (χ1n) is 8.80. The van der Waals surface area contributed by atoms with E-state index in [1.54, 1.807) is 12.1 Å². The maximum absolute atomic E-state index is 12.4. The average Bonchev–Trinajstić information content (AvgIpc) is 3.08.